The highest BCUT2D eigenvalue weighted by Crippen LogP contribution is 1.92. The van der Waals surface area contributed by atoms with Gasteiger partial charge >= 0.3 is 0 Å². The average molecular weight is 493 g/mol. The molecule has 2 unspecified atom stereocenters. The lowest BCUT2D eigenvalue weighted by Gasteiger charge is -1.82. The maximum atomic E-state index is 9.70. The van der Waals surface area contributed by atoms with Crippen molar-refractivity contribution in [1.82, 2.24) is 0 Å². The normalized spacial score (nSPS) is 9.19. The van der Waals surface area contributed by atoms with E-state index in [4.69, 9.17) is 0 Å². The largest absolute Gasteiger partial charge is 0.294 e. The zero-order chi connectivity index (χ0) is 26.8. The first-order valence-corrected chi connectivity index (χ1v) is 14.1. The molecule has 0 fully saturated rings. The van der Waals surface area contributed by atoms with Crippen molar-refractivity contribution in [2.75, 3.05) is 26.7 Å². The Morgan fingerprint density at radius 3 is 0.719 bits per heavy atom. The standard InChI is InChI=1S/2C7H8.2C2H6O2S.4C2H6/c2*1-7-5-3-2-4-6-7;2*1-4-5(2)3;4*1-2/h2*2-6H,1H3;2*1-2H3;4*1-2H3. The van der Waals surface area contributed by atoms with E-state index in [1.165, 1.54) is 37.9 Å². The van der Waals surface area contributed by atoms with Crippen LogP contribution in [0.15, 0.2) is 60.7 Å². The molecule has 0 aliphatic carbocycles. The Kier molecular flexibility index (Phi) is 65.8. The van der Waals surface area contributed by atoms with E-state index in [1.807, 2.05) is 91.8 Å². The lowest BCUT2D eigenvalue weighted by Crippen LogP contribution is -1.83. The van der Waals surface area contributed by atoms with Crippen LogP contribution >= 0.6 is 0 Å². The fraction of sp³-hybridized carbons (Fsp3) is 0.538. The molecule has 2 atom stereocenters. The highest BCUT2D eigenvalue weighted by molar-refractivity contribution is 7.79. The van der Waals surface area contributed by atoms with Crippen LogP contribution in [0.2, 0.25) is 0 Å². The van der Waals surface area contributed by atoms with Gasteiger partial charge in [-0.05, 0) is 13.8 Å². The number of hydrogen-bond acceptors (Lipinski definition) is 4. The van der Waals surface area contributed by atoms with Crippen LogP contribution in [-0.2, 0) is 30.5 Å². The van der Waals surface area contributed by atoms with Crippen LogP contribution in [0.4, 0.5) is 0 Å². The quantitative estimate of drug-likeness (QED) is 0.427. The second kappa shape index (κ2) is 47.4. The highest BCUT2D eigenvalue weighted by atomic mass is 32.2. The summed E-state index contributed by atoms with van der Waals surface area (Å²) in [4.78, 5) is 0. The van der Waals surface area contributed by atoms with Gasteiger partial charge in [0.05, 0.1) is 14.2 Å². The minimum atomic E-state index is -1.07. The Bertz CT molecular complexity index is 497. The van der Waals surface area contributed by atoms with Gasteiger partial charge in [-0.15, -0.1) is 0 Å². The molecule has 0 aliphatic heterocycles. The molecule has 0 amide bonds. The fourth-order valence-corrected chi connectivity index (χ4v) is 1.07. The van der Waals surface area contributed by atoms with Crippen LogP contribution in [0.25, 0.3) is 0 Å². The number of hydrogen-bond donors (Lipinski definition) is 0. The molecular weight excluding hydrogens is 440 g/mol. The Hall–Kier alpha value is -1.34. The zero-order valence-corrected chi connectivity index (χ0v) is 24.9. The Labute approximate surface area is 206 Å². The first-order valence-electron chi connectivity index (χ1n) is 11.1. The van der Waals surface area contributed by atoms with E-state index < -0.39 is 22.2 Å². The van der Waals surface area contributed by atoms with Crippen molar-refractivity contribution in [3.8, 4) is 0 Å². The monoisotopic (exact) mass is 492 g/mol. The molecule has 2 aromatic carbocycles. The zero-order valence-electron chi connectivity index (χ0n) is 23.2. The second-order valence-electron chi connectivity index (χ2n) is 4.45. The average Bonchev–Trinajstić information content (AvgIpc) is 2.86. The summed E-state index contributed by atoms with van der Waals surface area (Å²) >= 11 is -2.15. The van der Waals surface area contributed by atoms with Gasteiger partial charge in [-0.1, -0.05) is 127 Å². The Morgan fingerprint density at radius 2 is 0.656 bits per heavy atom. The third kappa shape index (κ3) is 63.0. The van der Waals surface area contributed by atoms with E-state index in [1.54, 1.807) is 0 Å². The Balaban J connectivity index is -0.0000000643. The summed E-state index contributed by atoms with van der Waals surface area (Å²) in [6.07, 6.45) is 2.94. The van der Waals surface area contributed by atoms with Crippen LogP contribution in [0.1, 0.15) is 66.5 Å². The maximum Gasteiger partial charge on any atom is 0.151 e. The summed E-state index contributed by atoms with van der Waals surface area (Å²) in [5, 5.41) is 0. The predicted molar refractivity (Wildman–Crippen MR) is 150 cm³/mol. The van der Waals surface area contributed by atoms with Crippen LogP contribution in [-0.4, -0.2) is 35.1 Å². The van der Waals surface area contributed by atoms with Crippen LogP contribution in [0.3, 0.4) is 0 Å². The van der Waals surface area contributed by atoms with Gasteiger partial charge in [-0.25, -0.2) is 8.42 Å². The summed E-state index contributed by atoms with van der Waals surface area (Å²) < 4.78 is 27.8. The summed E-state index contributed by atoms with van der Waals surface area (Å²) in [5.41, 5.74) is 2.64. The lowest BCUT2D eigenvalue weighted by atomic mass is 10.2. The molecule has 0 spiro atoms. The van der Waals surface area contributed by atoms with Gasteiger partial charge in [0.1, 0.15) is 0 Å². The first-order chi connectivity index (χ1) is 15.3. The summed E-state index contributed by atoms with van der Waals surface area (Å²) in [6.45, 7) is 20.2. The molecule has 2 rings (SSSR count). The molecule has 2 aromatic rings. The van der Waals surface area contributed by atoms with Gasteiger partial charge in [-0.2, -0.15) is 0 Å². The smallest absolute Gasteiger partial charge is 0.151 e. The van der Waals surface area contributed by atoms with Crippen LogP contribution < -0.4 is 0 Å². The van der Waals surface area contributed by atoms with Crippen molar-refractivity contribution >= 4 is 22.2 Å². The molecule has 32 heavy (non-hydrogen) atoms. The van der Waals surface area contributed by atoms with E-state index in [0.717, 1.165) is 0 Å². The number of aryl methyl sites for hydroxylation is 2. The predicted octanol–water partition coefficient (Wildman–Crippen LogP) is 7.95. The first kappa shape index (κ1) is 44.4. The van der Waals surface area contributed by atoms with Crippen LogP contribution in [0.5, 0.6) is 0 Å². The molecule has 4 nitrogen and oxygen atoms in total. The molecule has 0 saturated carbocycles. The minimum Gasteiger partial charge on any atom is -0.294 e. The molecule has 6 heteroatoms. The van der Waals surface area contributed by atoms with Gasteiger partial charge in [0.25, 0.3) is 0 Å². The summed E-state index contributed by atoms with van der Waals surface area (Å²) in [7, 11) is 2.80. The molecule has 0 bridgehead atoms. The van der Waals surface area contributed by atoms with Crippen molar-refractivity contribution in [2.45, 2.75) is 69.2 Å². The van der Waals surface area contributed by atoms with Crippen molar-refractivity contribution in [3.63, 3.8) is 0 Å². The fourth-order valence-electron chi connectivity index (χ4n) is 1.07. The molecule has 0 radical (unpaired) electrons. The van der Waals surface area contributed by atoms with Crippen molar-refractivity contribution < 1.29 is 16.8 Å². The summed E-state index contributed by atoms with van der Waals surface area (Å²) in [6, 6.07) is 20.5. The van der Waals surface area contributed by atoms with E-state index in [9.17, 15) is 8.42 Å². The molecular formula is C26H52O4S2. The molecule has 0 N–H and O–H groups in total. The maximum absolute atomic E-state index is 9.70. The lowest BCUT2D eigenvalue weighted by molar-refractivity contribution is 0.449. The van der Waals surface area contributed by atoms with E-state index >= 15 is 0 Å². The topological polar surface area (TPSA) is 52.6 Å². The van der Waals surface area contributed by atoms with Gasteiger partial charge in [-0.3, -0.25) is 8.37 Å². The van der Waals surface area contributed by atoms with Gasteiger partial charge in [0, 0.05) is 12.5 Å². The summed E-state index contributed by atoms with van der Waals surface area (Å²) in [5.74, 6) is 0. The SMILES string of the molecule is CC.CC.CC.CC.COS(C)=O.COS(C)=O.Cc1ccccc1.Cc1ccccc1. The number of benzene rings is 2. The third-order valence-corrected chi connectivity index (χ3v) is 3.29. The van der Waals surface area contributed by atoms with E-state index in [-0.39, 0.29) is 0 Å². The van der Waals surface area contributed by atoms with Crippen molar-refractivity contribution in [3.05, 3.63) is 71.8 Å². The van der Waals surface area contributed by atoms with Crippen molar-refractivity contribution in [2.24, 2.45) is 0 Å². The van der Waals surface area contributed by atoms with Gasteiger partial charge in [0.15, 0.2) is 22.2 Å². The molecule has 0 saturated heterocycles. The molecule has 0 heterocycles. The minimum absolute atomic E-state index is 1.07. The molecule has 0 aromatic heterocycles. The second-order valence-corrected chi connectivity index (χ2v) is 6.72. The van der Waals surface area contributed by atoms with Crippen molar-refractivity contribution in [1.29, 1.82) is 0 Å². The molecule has 192 valence electrons. The highest BCUT2D eigenvalue weighted by Gasteiger charge is 1.73. The van der Waals surface area contributed by atoms with Crippen LogP contribution in [0, 0.1) is 13.8 Å². The van der Waals surface area contributed by atoms with E-state index in [2.05, 4.69) is 46.5 Å². The molecule has 0 aliphatic rings. The third-order valence-electron chi connectivity index (χ3n) is 2.35. The Morgan fingerprint density at radius 1 is 0.500 bits per heavy atom. The van der Waals surface area contributed by atoms with E-state index in [0.29, 0.717) is 0 Å². The van der Waals surface area contributed by atoms with Gasteiger partial charge < -0.3 is 0 Å². The number of rotatable bonds is 2. The van der Waals surface area contributed by atoms with Gasteiger partial charge in [0.2, 0.25) is 0 Å².